The van der Waals surface area contributed by atoms with Gasteiger partial charge in [0.05, 0.1) is 31.5 Å². The number of benzene rings is 1. The second-order valence-electron chi connectivity index (χ2n) is 9.97. The molecule has 0 unspecified atom stereocenters. The number of ether oxygens (including phenoxy) is 1. The lowest BCUT2D eigenvalue weighted by molar-refractivity contribution is -0.129. The van der Waals surface area contributed by atoms with Gasteiger partial charge in [0.1, 0.15) is 26.9 Å². The molecule has 11 nitrogen and oxygen atoms in total. The summed E-state index contributed by atoms with van der Waals surface area (Å²) >= 11 is 1.20. The van der Waals surface area contributed by atoms with E-state index in [2.05, 4.69) is 22.1 Å². The molecule has 4 aromatic rings. The first-order chi connectivity index (χ1) is 19.4. The van der Waals surface area contributed by atoms with Gasteiger partial charge >= 0.3 is 5.69 Å². The number of halogens is 2. The molecule has 3 aromatic heterocycles. The van der Waals surface area contributed by atoms with E-state index in [1.54, 1.807) is 20.8 Å². The molecule has 0 saturated carbocycles. The Morgan fingerprint density at radius 3 is 2.43 bits per heavy atom. The summed E-state index contributed by atoms with van der Waals surface area (Å²) in [4.78, 5) is 42.6. The Kier molecular flexibility index (Phi) is 12.2. The Labute approximate surface area is 263 Å². The van der Waals surface area contributed by atoms with Crippen LogP contribution in [0.3, 0.4) is 0 Å². The fraction of sp³-hybridized carbons (Fsp3) is 0.393. The molecule has 0 fully saturated rings. The Morgan fingerprint density at radius 2 is 1.88 bits per heavy atom. The number of thiophene rings is 1. The van der Waals surface area contributed by atoms with E-state index in [1.807, 2.05) is 0 Å². The zero-order chi connectivity index (χ0) is 30.5. The number of methoxy groups -OCH3 is 1. The predicted molar refractivity (Wildman–Crippen MR) is 172 cm³/mol. The van der Waals surface area contributed by atoms with Gasteiger partial charge in [-0.2, -0.15) is 10.2 Å². The predicted octanol–water partition coefficient (Wildman–Crippen LogP) is 3.55. The van der Waals surface area contributed by atoms with Crippen LogP contribution in [0.25, 0.3) is 15.2 Å². The number of nitrogens with zero attached hydrogens (tertiary/aromatic N) is 5. The molecule has 0 spiro atoms. The van der Waals surface area contributed by atoms with Gasteiger partial charge in [-0.3, -0.25) is 14.2 Å². The Morgan fingerprint density at radius 1 is 1.26 bits per heavy atom. The molecule has 228 valence electrons. The molecule has 0 saturated heterocycles. The Bertz CT molecular complexity index is 1660. The monoisotopic (exact) mass is 714 g/mol. The van der Waals surface area contributed by atoms with Crippen molar-refractivity contribution in [3.8, 4) is 10.8 Å². The van der Waals surface area contributed by atoms with Crippen LogP contribution in [-0.4, -0.2) is 54.9 Å². The first-order valence-electron chi connectivity index (χ1n) is 12.9. The number of carbonyl (C=O) groups excluding carboxylic acids is 1. The number of hydrogen-bond donors (Lipinski definition) is 2. The fourth-order valence-electron chi connectivity index (χ4n) is 4.25. The minimum atomic E-state index is -1.48. The van der Waals surface area contributed by atoms with Crippen molar-refractivity contribution in [3.05, 3.63) is 81.0 Å². The van der Waals surface area contributed by atoms with Crippen molar-refractivity contribution in [2.75, 3.05) is 13.7 Å². The molecule has 4 rings (SSSR count). The number of fused-ring (bicyclic) bond motifs is 1. The van der Waals surface area contributed by atoms with Crippen LogP contribution in [0.5, 0.6) is 5.75 Å². The number of aryl methyl sites for hydroxylation is 3. The molecule has 3 heterocycles. The van der Waals surface area contributed by atoms with Crippen LogP contribution in [0.1, 0.15) is 38.8 Å². The molecule has 14 heteroatoms. The molecule has 0 bridgehead atoms. The van der Waals surface area contributed by atoms with E-state index in [-0.39, 0.29) is 49.6 Å². The van der Waals surface area contributed by atoms with Crippen LogP contribution in [-0.2, 0) is 23.3 Å². The summed E-state index contributed by atoms with van der Waals surface area (Å²) in [5.41, 5.74) is -1.54. The maximum Gasteiger partial charge on any atom is 0.333 e. The lowest BCUT2D eigenvalue weighted by Crippen LogP contribution is -2.56. The summed E-state index contributed by atoms with van der Waals surface area (Å²) in [6, 6.07) is 4.00. The molecule has 0 aliphatic heterocycles. The standard InChI is InChI=1S/C25H29FN6O4S.C3H6O.HI/c1-14(2)29-23(34)25(4,5)31-20(33)19-15(3)21(32-27-10-11-28-32)37-22(19)30(24(31)35)12-9-16-13-17(26)7-8-18(16)36-6;1-2-3-4;/h7-8,10-11,13-14H,9,12H2,1-6H3,(H,29,34);2,4H,1,3H2;1H. The molecular weight excluding hydrogens is 678 g/mol. The summed E-state index contributed by atoms with van der Waals surface area (Å²) in [7, 11) is 1.49. The van der Waals surface area contributed by atoms with Crippen molar-refractivity contribution >= 4 is 51.4 Å². The number of hydrogen-bond acceptors (Lipinski definition) is 8. The van der Waals surface area contributed by atoms with Crippen LogP contribution in [0.15, 0.2) is 52.8 Å². The third-order valence-corrected chi connectivity index (χ3v) is 7.58. The van der Waals surface area contributed by atoms with Gasteiger partial charge in [-0.15, -0.1) is 35.4 Å². The molecule has 1 aromatic carbocycles. The van der Waals surface area contributed by atoms with E-state index in [1.165, 1.54) is 78.3 Å². The number of amides is 1. The summed E-state index contributed by atoms with van der Waals surface area (Å²) in [6.45, 7) is 11.9. The van der Waals surface area contributed by atoms with Crippen molar-refractivity contribution in [1.82, 2.24) is 29.4 Å². The molecule has 1 amide bonds. The number of rotatable bonds is 9. The molecular formula is C28H36FIN6O5S. The SMILES string of the molecule is C=CCO.COc1ccc(F)cc1CCn1c(=O)n(C(C)(C)C(=O)NC(C)C)c(=O)c2c(C)c(-n3nccn3)sc21.I. The first kappa shape index (κ1) is 34.8. The van der Waals surface area contributed by atoms with E-state index < -0.39 is 28.5 Å². The highest BCUT2D eigenvalue weighted by molar-refractivity contribution is 14.0. The maximum atomic E-state index is 14.0. The average Bonchev–Trinajstić information content (AvgIpc) is 3.56. The van der Waals surface area contributed by atoms with Gasteiger partial charge in [-0.1, -0.05) is 17.4 Å². The molecule has 0 aliphatic rings. The summed E-state index contributed by atoms with van der Waals surface area (Å²) in [6.07, 6.45) is 4.72. The van der Waals surface area contributed by atoms with Gasteiger partial charge in [0.15, 0.2) is 0 Å². The molecule has 0 aliphatic carbocycles. The van der Waals surface area contributed by atoms with Crippen LogP contribution >= 0.6 is 35.3 Å². The van der Waals surface area contributed by atoms with Gasteiger partial charge < -0.3 is 15.2 Å². The second kappa shape index (κ2) is 14.7. The topological polar surface area (TPSA) is 133 Å². The number of carbonyl (C=O) groups is 1. The smallest absolute Gasteiger partial charge is 0.333 e. The molecule has 2 N–H and O–H groups in total. The fourth-order valence-corrected chi connectivity index (χ4v) is 5.49. The number of nitrogens with one attached hydrogen (secondary N) is 1. The van der Waals surface area contributed by atoms with Gasteiger partial charge in [-0.25, -0.2) is 13.8 Å². The van der Waals surface area contributed by atoms with E-state index >= 15 is 0 Å². The van der Waals surface area contributed by atoms with Gasteiger partial charge in [0.2, 0.25) is 5.91 Å². The van der Waals surface area contributed by atoms with Crippen LogP contribution in [0.2, 0.25) is 0 Å². The summed E-state index contributed by atoms with van der Waals surface area (Å²) < 4.78 is 21.8. The lowest BCUT2D eigenvalue weighted by atomic mass is 10.0. The average molecular weight is 715 g/mol. The summed E-state index contributed by atoms with van der Waals surface area (Å²) in [5.74, 6) is -0.399. The molecule has 0 atom stereocenters. The largest absolute Gasteiger partial charge is 0.496 e. The third-order valence-electron chi connectivity index (χ3n) is 6.30. The van der Waals surface area contributed by atoms with Crippen molar-refractivity contribution in [1.29, 1.82) is 0 Å². The first-order valence-corrected chi connectivity index (χ1v) is 13.7. The van der Waals surface area contributed by atoms with Crippen LogP contribution < -0.4 is 21.3 Å². The molecule has 0 radical (unpaired) electrons. The normalized spacial score (nSPS) is 11.1. The highest BCUT2D eigenvalue weighted by Gasteiger charge is 2.35. The van der Waals surface area contributed by atoms with Crippen LogP contribution in [0.4, 0.5) is 4.39 Å². The number of aliphatic hydroxyl groups is 1. The van der Waals surface area contributed by atoms with Crippen molar-refractivity contribution < 1.29 is 19.0 Å². The minimum Gasteiger partial charge on any atom is -0.496 e. The van der Waals surface area contributed by atoms with E-state index in [0.29, 0.717) is 32.1 Å². The summed E-state index contributed by atoms with van der Waals surface area (Å²) in [5, 5.41) is 19.8. The third kappa shape index (κ3) is 7.15. The van der Waals surface area contributed by atoms with Crippen molar-refractivity contribution in [3.63, 3.8) is 0 Å². The van der Waals surface area contributed by atoms with Crippen molar-refractivity contribution in [2.45, 2.75) is 59.2 Å². The minimum absolute atomic E-state index is 0. The van der Waals surface area contributed by atoms with Gasteiger partial charge in [0, 0.05) is 18.2 Å². The van der Waals surface area contributed by atoms with Gasteiger partial charge in [-0.05, 0) is 64.8 Å². The highest BCUT2D eigenvalue weighted by atomic mass is 127. The maximum absolute atomic E-state index is 14.0. The number of aliphatic hydroxyl groups excluding tert-OH is 1. The van der Waals surface area contributed by atoms with E-state index in [9.17, 15) is 18.8 Å². The Balaban J connectivity index is 0.00000116. The van der Waals surface area contributed by atoms with Crippen molar-refractivity contribution in [2.24, 2.45) is 0 Å². The van der Waals surface area contributed by atoms with Crippen LogP contribution in [0, 0.1) is 12.7 Å². The lowest BCUT2D eigenvalue weighted by Gasteiger charge is -2.27. The molecule has 42 heavy (non-hydrogen) atoms. The van der Waals surface area contributed by atoms with E-state index in [0.717, 1.165) is 4.57 Å². The highest BCUT2D eigenvalue weighted by Crippen LogP contribution is 2.31. The number of aromatic nitrogens is 5. The van der Waals surface area contributed by atoms with E-state index in [4.69, 9.17) is 9.84 Å². The van der Waals surface area contributed by atoms with Gasteiger partial charge in [0.25, 0.3) is 5.56 Å². The zero-order valence-electron chi connectivity index (χ0n) is 24.4. The second-order valence-corrected chi connectivity index (χ2v) is 10.9. The quantitative estimate of drug-likeness (QED) is 0.200. The zero-order valence-corrected chi connectivity index (χ0v) is 27.5. The Hall–Kier alpha value is -3.37.